The van der Waals surface area contributed by atoms with Gasteiger partial charge in [0, 0.05) is 24.9 Å². The van der Waals surface area contributed by atoms with Crippen molar-refractivity contribution in [3.8, 4) is 0 Å². The van der Waals surface area contributed by atoms with Crippen molar-refractivity contribution in [2.45, 2.75) is 45.1 Å². The Morgan fingerprint density at radius 1 is 1.73 bits per heavy atom. The Hall–Kier alpha value is -1.32. The van der Waals surface area contributed by atoms with Crippen LogP contribution in [0.1, 0.15) is 43.6 Å². The van der Waals surface area contributed by atoms with Gasteiger partial charge in [-0.3, -0.25) is 4.79 Å². The molecule has 1 aromatic heterocycles. The van der Waals surface area contributed by atoms with Crippen molar-refractivity contribution in [2.24, 2.45) is 0 Å². The van der Waals surface area contributed by atoms with Gasteiger partial charge in [-0.2, -0.15) is 0 Å². The van der Waals surface area contributed by atoms with Crippen LogP contribution >= 0.6 is 0 Å². The average molecular weight is 208 g/mol. The third-order valence-electron chi connectivity index (χ3n) is 3.06. The molecule has 1 aliphatic rings. The minimum absolute atomic E-state index is 0.171. The fourth-order valence-electron chi connectivity index (χ4n) is 2.20. The van der Waals surface area contributed by atoms with Crippen molar-refractivity contribution in [1.29, 1.82) is 0 Å². The molecule has 4 nitrogen and oxygen atoms in total. The first kappa shape index (κ1) is 10.2. The molecule has 1 aliphatic heterocycles. The van der Waals surface area contributed by atoms with Gasteiger partial charge in [0.1, 0.15) is 5.82 Å². The zero-order valence-electron chi connectivity index (χ0n) is 8.94. The Bertz CT molecular complexity index is 371. The van der Waals surface area contributed by atoms with Crippen molar-refractivity contribution >= 4 is 5.97 Å². The second kappa shape index (κ2) is 4.04. The van der Waals surface area contributed by atoms with Gasteiger partial charge < -0.3 is 9.67 Å². The Kier molecular flexibility index (Phi) is 2.75. The number of nitrogens with zero attached hydrogens (tertiary/aromatic N) is 2. The van der Waals surface area contributed by atoms with Crippen molar-refractivity contribution < 1.29 is 9.90 Å². The van der Waals surface area contributed by atoms with Crippen LogP contribution in [0.4, 0.5) is 0 Å². The molecule has 0 fully saturated rings. The number of hydrogen-bond donors (Lipinski definition) is 1. The molecule has 1 aromatic rings. The molecule has 0 aromatic carbocycles. The number of fused-ring (bicyclic) bond motifs is 1. The summed E-state index contributed by atoms with van der Waals surface area (Å²) in [5.74, 6) is 0.736. The zero-order chi connectivity index (χ0) is 10.8. The van der Waals surface area contributed by atoms with Gasteiger partial charge in [-0.05, 0) is 18.8 Å². The summed E-state index contributed by atoms with van der Waals surface area (Å²) in [4.78, 5) is 14.8. The van der Waals surface area contributed by atoms with Gasteiger partial charge in [0.05, 0.1) is 6.42 Å². The van der Waals surface area contributed by atoms with Crippen LogP contribution in [0, 0.1) is 0 Å². The van der Waals surface area contributed by atoms with E-state index in [1.807, 2.05) is 6.20 Å². The quantitative estimate of drug-likeness (QED) is 0.824. The molecule has 15 heavy (non-hydrogen) atoms. The minimum Gasteiger partial charge on any atom is -0.481 e. The minimum atomic E-state index is -0.754. The van der Waals surface area contributed by atoms with Gasteiger partial charge in [0.15, 0.2) is 0 Å². The van der Waals surface area contributed by atoms with Gasteiger partial charge in [0.25, 0.3) is 0 Å². The number of aromatic nitrogens is 2. The maximum atomic E-state index is 10.5. The molecular weight excluding hydrogens is 192 g/mol. The number of carbonyl (C=O) groups is 1. The molecule has 2 heterocycles. The molecule has 0 saturated carbocycles. The molecular formula is C11H16N2O2. The van der Waals surface area contributed by atoms with E-state index in [0.29, 0.717) is 12.3 Å². The summed E-state index contributed by atoms with van der Waals surface area (Å²) in [6, 6.07) is 0. The van der Waals surface area contributed by atoms with E-state index in [4.69, 9.17) is 5.11 Å². The Balaban J connectivity index is 2.16. The van der Waals surface area contributed by atoms with E-state index < -0.39 is 5.97 Å². The van der Waals surface area contributed by atoms with E-state index >= 15 is 0 Å². The molecule has 1 atom stereocenters. The predicted molar refractivity (Wildman–Crippen MR) is 55.8 cm³/mol. The van der Waals surface area contributed by atoms with Crippen LogP contribution in [-0.4, -0.2) is 20.6 Å². The summed E-state index contributed by atoms with van der Waals surface area (Å²) in [6.07, 6.45) is 5.00. The highest BCUT2D eigenvalue weighted by atomic mass is 16.4. The number of aryl methyl sites for hydroxylation is 1. The standard InChI is InChI=1S/C11H16N2O2/c1-8-3-2-6-13-9(8)7-12-10(13)4-5-11(14)15/h7-8H,2-6H2,1H3,(H,14,15). The lowest BCUT2D eigenvalue weighted by Crippen LogP contribution is -2.16. The molecule has 0 spiro atoms. The lowest BCUT2D eigenvalue weighted by molar-refractivity contribution is -0.137. The predicted octanol–water partition coefficient (Wildman–Crippen LogP) is 1.80. The van der Waals surface area contributed by atoms with Crippen LogP contribution < -0.4 is 0 Å². The van der Waals surface area contributed by atoms with Crippen molar-refractivity contribution in [3.05, 3.63) is 17.7 Å². The molecule has 0 saturated heterocycles. The average Bonchev–Trinajstić information content (AvgIpc) is 2.59. The number of aliphatic carboxylic acids is 1. The number of hydrogen-bond acceptors (Lipinski definition) is 2. The molecule has 0 bridgehead atoms. The number of carboxylic acids is 1. The zero-order valence-corrected chi connectivity index (χ0v) is 8.94. The molecule has 0 amide bonds. The largest absolute Gasteiger partial charge is 0.481 e. The van der Waals surface area contributed by atoms with Crippen molar-refractivity contribution in [3.63, 3.8) is 0 Å². The summed E-state index contributed by atoms with van der Waals surface area (Å²) in [7, 11) is 0. The summed E-state index contributed by atoms with van der Waals surface area (Å²) in [6.45, 7) is 3.20. The van der Waals surface area contributed by atoms with Gasteiger partial charge in [-0.1, -0.05) is 6.92 Å². The van der Waals surface area contributed by atoms with Crippen LogP contribution in [-0.2, 0) is 17.8 Å². The van der Waals surface area contributed by atoms with Crippen molar-refractivity contribution in [2.75, 3.05) is 0 Å². The van der Waals surface area contributed by atoms with Crippen LogP contribution in [0.3, 0.4) is 0 Å². The molecule has 4 heteroatoms. The van der Waals surface area contributed by atoms with E-state index in [-0.39, 0.29) is 6.42 Å². The fourth-order valence-corrected chi connectivity index (χ4v) is 2.20. The second-order valence-corrected chi connectivity index (χ2v) is 4.19. The Morgan fingerprint density at radius 3 is 3.27 bits per heavy atom. The Labute approximate surface area is 88.9 Å². The topological polar surface area (TPSA) is 55.1 Å². The lowest BCUT2D eigenvalue weighted by Gasteiger charge is -2.22. The van der Waals surface area contributed by atoms with E-state index in [1.54, 1.807) is 0 Å². The maximum Gasteiger partial charge on any atom is 0.303 e. The summed E-state index contributed by atoms with van der Waals surface area (Å²) in [5, 5.41) is 8.63. The van der Waals surface area contributed by atoms with Crippen LogP contribution in [0.5, 0.6) is 0 Å². The van der Waals surface area contributed by atoms with Gasteiger partial charge in [-0.15, -0.1) is 0 Å². The van der Waals surface area contributed by atoms with Gasteiger partial charge in [-0.25, -0.2) is 4.98 Å². The van der Waals surface area contributed by atoms with E-state index in [1.165, 1.54) is 18.5 Å². The number of rotatable bonds is 3. The molecule has 82 valence electrons. The van der Waals surface area contributed by atoms with E-state index in [9.17, 15) is 4.79 Å². The van der Waals surface area contributed by atoms with Crippen molar-refractivity contribution in [1.82, 2.24) is 9.55 Å². The van der Waals surface area contributed by atoms with Gasteiger partial charge in [0.2, 0.25) is 0 Å². The van der Waals surface area contributed by atoms with E-state index in [0.717, 1.165) is 12.4 Å². The van der Waals surface area contributed by atoms with Crippen LogP contribution in [0.25, 0.3) is 0 Å². The molecule has 2 rings (SSSR count). The first-order chi connectivity index (χ1) is 7.18. The highest BCUT2D eigenvalue weighted by Crippen LogP contribution is 2.27. The normalized spacial score (nSPS) is 19.9. The highest BCUT2D eigenvalue weighted by molar-refractivity contribution is 5.66. The number of imidazole rings is 1. The third-order valence-corrected chi connectivity index (χ3v) is 3.06. The lowest BCUT2D eigenvalue weighted by atomic mass is 9.99. The first-order valence-electron chi connectivity index (χ1n) is 5.44. The second-order valence-electron chi connectivity index (χ2n) is 4.19. The van der Waals surface area contributed by atoms with Crippen LogP contribution in [0.2, 0.25) is 0 Å². The smallest absolute Gasteiger partial charge is 0.303 e. The summed E-state index contributed by atoms with van der Waals surface area (Å²) < 4.78 is 2.19. The number of carboxylic acid groups (broad SMARTS) is 1. The molecule has 0 aliphatic carbocycles. The van der Waals surface area contributed by atoms with Crippen LogP contribution in [0.15, 0.2) is 6.20 Å². The Morgan fingerprint density at radius 2 is 2.53 bits per heavy atom. The fraction of sp³-hybridized carbons (Fsp3) is 0.636. The SMILES string of the molecule is CC1CCCn2c1cnc2CCC(=O)O. The summed E-state index contributed by atoms with van der Waals surface area (Å²) in [5.41, 5.74) is 1.27. The molecule has 1 N–H and O–H groups in total. The monoisotopic (exact) mass is 208 g/mol. The molecule has 1 unspecified atom stereocenters. The summed E-state index contributed by atoms with van der Waals surface area (Å²) >= 11 is 0. The highest BCUT2D eigenvalue weighted by Gasteiger charge is 2.19. The maximum absolute atomic E-state index is 10.5. The van der Waals surface area contributed by atoms with E-state index in [2.05, 4.69) is 16.5 Å². The molecule has 0 radical (unpaired) electrons. The van der Waals surface area contributed by atoms with Gasteiger partial charge >= 0.3 is 5.97 Å². The third kappa shape index (κ3) is 2.03. The first-order valence-corrected chi connectivity index (χ1v) is 5.44.